The topological polar surface area (TPSA) is 73.7 Å². The van der Waals surface area contributed by atoms with Crippen molar-refractivity contribution in [3.63, 3.8) is 0 Å². The molecule has 0 bridgehead atoms. The second-order valence-corrected chi connectivity index (χ2v) is 4.72. The van der Waals surface area contributed by atoms with Gasteiger partial charge in [-0.2, -0.15) is 0 Å². The zero-order valence-electron chi connectivity index (χ0n) is 10.8. The number of carbonyl (C=O) groups is 2. The van der Waals surface area contributed by atoms with Crippen molar-refractivity contribution in [2.45, 2.75) is 19.8 Å². The fraction of sp³-hybridized carbons (Fsp3) is 0.583. The van der Waals surface area contributed by atoms with Crippen molar-refractivity contribution in [2.75, 3.05) is 25.2 Å². The van der Waals surface area contributed by atoms with Gasteiger partial charge in [-0.15, -0.1) is 0 Å². The van der Waals surface area contributed by atoms with Gasteiger partial charge in [-0.05, 0) is 6.92 Å². The number of fused-ring (bicyclic) bond motifs is 1. The zero-order chi connectivity index (χ0) is 13.6. The van der Waals surface area contributed by atoms with E-state index in [0.717, 1.165) is 0 Å². The van der Waals surface area contributed by atoms with Crippen molar-refractivity contribution in [1.82, 2.24) is 9.55 Å². The number of amides is 1. The summed E-state index contributed by atoms with van der Waals surface area (Å²) >= 11 is 0. The number of rotatable bonds is 2. The molecule has 1 fully saturated rings. The van der Waals surface area contributed by atoms with E-state index in [2.05, 4.69) is 4.98 Å². The molecule has 3 heterocycles. The molecule has 2 aliphatic heterocycles. The lowest BCUT2D eigenvalue weighted by molar-refractivity contribution is -0.120. The monoisotopic (exact) mass is 265 g/mol. The van der Waals surface area contributed by atoms with Crippen molar-refractivity contribution in [3.05, 3.63) is 12.0 Å². The minimum atomic E-state index is -0.667. The molecule has 1 saturated heterocycles. The predicted octanol–water partition coefficient (Wildman–Crippen LogP) is 0.0512. The van der Waals surface area contributed by atoms with Crippen LogP contribution in [0.15, 0.2) is 6.33 Å². The number of ketones is 1. The van der Waals surface area contributed by atoms with Gasteiger partial charge in [0.15, 0.2) is 12.1 Å². The van der Waals surface area contributed by atoms with Crippen molar-refractivity contribution >= 4 is 17.5 Å². The normalized spacial score (nSPS) is 24.1. The summed E-state index contributed by atoms with van der Waals surface area (Å²) in [6, 6.07) is 0. The molecule has 0 saturated carbocycles. The number of hydrogen-bond acceptors (Lipinski definition) is 5. The molecule has 1 amide bonds. The van der Waals surface area contributed by atoms with Crippen LogP contribution >= 0.6 is 0 Å². The largest absolute Gasteiger partial charge is 0.348 e. The molecule has 102 valence electrons. The van der Waals surface area contributed by atoms with E-state index < -0.39 is 5.92 Å². The van der Waals surface area contributed by atoms with Crippen molar-refractivity contribution < 1.29 is 19.1 Å². The standard InChI is InChI=1S/C12H15N3O4/c1-7-10(16)9-11(14(2)12(7)17)15(6-13-9)5-8-18-3-4-19-8/h6-8H,3-5H2,1-2H3. The van der Waals surface area contributed by atoms with Crippen LogP contribution < -0.4 is 4.90 Å². The molecule has 0 spiro atoms. The van der Waals surface area contributed by atoms with E-state index in [0.29, 0.717) is 31.3 Å². The molecule has 3 rings (SSSR count). The maximum atomic E-state index is 12.0. The molecule has 7 nitrogen and oxygen atoms in total. The first-order chi connectivity index (χ1) is 9.09. The molecule has 0 aromatic carbocycles. The lowest BCUT2D eigenvalue weighted by Crippen LogP contribution is -2.42. The maximum absolute atomic E-state index is 12.0. The molecule has 1 unspecified atom stereocenters. The lowest BCUT2D eigenvalue weighted by Gasteiger charge is -2.27. The van der Waals surface area contributed by atoms with Crippen LogP contribution in [-0.2, 0) is 20.8 Å². The fourth-order valence-corrected chi connectivity index (χ4v) is 2.42. The van der Waals surface area contributed by atoms with E-state index in [9.17, 15) is 9.59 Å². The molecule has 1 aromatic heterocycles. The van der Waals surface area contributed by atoms with E-state index in [4.69, 9.17) is 9.47 Å². The first kappa shape index (κ1) is 12.3. The summed E-state index contributed by atoms with van der Waals surface area (Å²) in [5.41, 5.74) is 0.340. The van der Waals surface area contributed by atoms with E-state index in [1.807, 2.05) is 0 Å². The fourth-order valence-electron chi connectivity index (χ4n) is 2.42. The summed E-state index contributed by atoms with van der Waals surface area (Å²) in [5, 5.41) is 0. The minimum absolute atomic E-state index is 0.215. The second-order valence-electron chi connectivity index (χ2n) is 4.72. The van der Waals surface area contributed by atoms with Crippen LogP contribution in [0.3, 0.4) is 0 Å². The molecule has 0 aliphatic carbocycles. The highest BCUT2D eigenvalue weighted by molar-refractivity contribution is 6.19. The summed E-state index contributed by atoms with van der Waals surface area (Å²) in [7, 11) is 1.65. The van der Waals surface area contributed by atoms with Crippen molar-refractivity contribution in [1.29, 1.82) is 0 Å². The number of carbonyl (C=O) groups excluding carboxylic acids is 2. The number of nitrogens with zero attached hydrogens (tertiary/aromatic N) is 3. The van der Waals surface area contributed by atoms with Crippen LogP contribution in [0.4, 0.5) is 5.82 Å². The third-order valence-corrected chi connectivity index (χ3v) is 3.49. The minimum Gasteiger partial charge on any atom is -0.348 e. The predicted molar refractivity (Wildman–Crippen MR) is 64.8 cm³/mol. The molecular formula is C12H15N3O4. The molecule has 0 N–H and O–H groups in total. The highest BCUT2D eigenvalue weighted by atomic mass is 16.7. The average molecular weight is 265 g/mol. The van der Waals surface area contributed by atoms with Crippen molar-refractivity contribution in [2.24, 2.45) is 5.92 Å². The Labute approximate surface area is 110 Å². The Kier molecular flexibility index (Phi) is 2.87. The van der Waals surface area contributed by atoms with Crippen LogP contribution in [0.5, 0.6) is 0 Å². The van der Waals surface area contributed by atoms with Crippen LogP contribution in [0.2, 0.25) is 0 Å². The van der Waals surface area contributed by atoms with Gasteiger partial charge in [-0.3, -0.25) is 14.5 Å². The number of imidazole rings is 1. The number of anilines is 1. The van der Waals surface area contributed by atoms with Gasteiger partial charge in [0.1, 0.15) is 17.4 Å². The Bertz CT molecular complexity index is 533. The summed E-state index contributed by atoms with van der Waals surface area (Å²) < 4.78 is 12.5. The number of hydrogen-bond donors (Lipinski definition) is 0. The van der Waals surface area contributed by atoms with Gasteiger partial charge in [0.25, 0.3) is 0 Å². The molecule has 19 heavy (non-hydrogen) atoms. The first-order valence-corrected chi connectivity index (χ1v) is 6.19. The van der Waals surface area contributed by atoms with Gasteiger partial charge in [0.2, 0.25) is 5.91 Å². The summed E-state index contributed by atoms with van der Waals surface area (Å²) in [6.45, 7) is 3.15. The van der Waals surface area contributed by atoms with E-state index in [1.165, 1.54) is 4.90 Å². The number of aromatic nitrogens is 2. The Hall–Kier alpha value is -1.73. The lowest BCUT2D eigenvalue weighted by atomic mass is 9.98. The Morgan fingerprint density at radius 1 is 1.37 bits per heavy atom. The Morgan fingerprint density at radius 3 is 2.74 bits per heavy atom. The highest BCUT2D eigenvalue weighted by Gasteiger charge is 2.38. The third kappa shape index (κ3) is 1.85. The Morgan fingerprint density at radius 2 is 2.05 bits per heavy atom. The molecule has 1 aromatic rings. The zero-order valence-corrected chi connectivity index (χ0v) is 10.8. The van der Waals surface area contributed by atoms with Crippen molar-refractivity contribution in [3.8, 4) is 0 Å². The van der Waals surface area contributed by atoms with Gasteiger partial charge < -0.3 is 14.0 Å². The molecule has 1 atom stereocenters. The second kappa shape index (κ2) is 4.43. The van der Waals surface area contributed by atoms with Gasteiger partial charge in [-0.25, -0.2) is 4.98 Å². The van der Waals surface area contributed by atoms with E-state index >= 15 is 0 Å². The quantitative estimate of drug-likeness (QED) is 0.706. The van der Waals surface area contributed by atoms with Crippen LogP contribution in [0.25, 0.3) is 0 Å². The highest BCUT2D eigenvalue weighted by Crippen LogP contribution is 2.29. The van der Waals surface area contributed by atoms with Gasteiger partial charge in [-0.1, -0.05) is 0 Å². The summed E-state index contributed by atoms with van der Waals surface area (Å²) in [5.74, 6) is -0.593. The summed E-state index contributed by atoms with van der Waals surface area (Å²) in [6.07, 6.45) is 1.20. The van der Waals surface area contributed by atoms with Crippen LogP contribution in [-0.4, -0.2) is 47.8 Å². The first-order valence-electron chi connectivity index (χ1n) is 6.19. The number of ether oxygens (including phenoxy) is 2. The SMILES string of the molecule is CC1C(=O)c2ncn(CC3OCCO3)c2N(C)C1=O. The number of Topliss-reactive ketones (excluding diaryl/α,β-unsaturated/α-hetero) is 1. The van der Waals surface area contributed by atoms with Gasteiger partial charge in [0, 0.05) is 7.05 Å². The van der Waals surface area contributed by atoms with Crippen LogP contribution in [0.1, 0.15) is 17.4 Å². The summed E-state index contributed by atoms with van der Waals surface area (Å²) in [4.78, 5) is 29.6. The molecule has 7 heteroatoms. The third-order valence-electron chi connectivity index (χ3n) is 3.49. The molecular weight excluding hydrogens is 250 g/mol. The Balaban J connectivity index is 1.94. The van der Waals surface area contributed by atoms with Crippen LogP contribution in [0, 0.1) is 5.92 Å². The van der Waals surface area contributed by atoms with Gasteiger partial charge in [0.05, 0.1) is 26.1 Å². The van der Waals surface area contributed by atoms with E-state index in [-0.39, 0.29) is 18.0 Å². The smallest absolute Gasteiger partial charge is 0.238 e. The average Bonchev–Trinajstić information content (AvgIpc) is 3.04. The maximum Gasteiger partial charge on any atom is 0.238 e. The van der Waals surface area contributed by atoms with Gasteiger partial charge >= 0.3 is 0 Å². The van der Waals surface area contributed by atoms with E-state index in [1.54, 1.807) is 24.9 Å². The molecule has 2 aliphatic rings. The molecule has 0 radical (unpaired) electrons.